The van der Waals surface area contributed by atoms with Crippen LogP contribution < -0.4 is 9.47 Å². The highest BCUT2D eigenvalue weighted by atomic mass is 32.2. The minimum atomic E-state index is -3.51. The van der Waals surface area contributed by atoms with Crippen molar-refractivity contribution < 1.29 is 17.9 Å². The lowest BCUT2D eigenvalue weighted by molar-refractivity contribution is 0.392. The number of hydrogen-bond acceptors (Lipinski definition) is 4. The number of sulfone groups is 1. The number of benzene rings is 1. The van der Waals surface area contributed by atoms with Gasteiger partial charge in [-0.15, -0.1) is 0 Å². The van der Waals surface area contributed by atoms with E-state index in [1.54, 1.807) is 6.07 Å². The highest BCUT2D eigenvalue weighted by Gasteiger charge is 2.16. The summed E-state index contributed by atoms with van der Waals surface area (Å²) < 4.78 is 33.1. The first-order chi connectivity index (χ1) is 7.05. The van der Waals surface area contributed by atoms with Crippen LogP contribution in [0.25, 0.3) is 0 Å². The van der Waals surface area contributed by atoms with Crippen LogP contribution in [0, 0.1) is 0 Å². The number of ether oxygens (including phenoxy) is 2. The van der Waals surface area contributed by atoms with Gasteiger partial charge < -0.3 is 9.47 Å². The summed E-state index contributed by atoms with van der Waals surface area (Å²) >= 11 is 0. The Hall–Kier alpha value is -1.49. The topological polar surface area (TPSA) is 52.6 Å². The van der Waals surface area contributed by atoms with Gasteiger partial charge in [-0.3, -0.25) is 0 Å². The van der Waals surface area contributed by atoms with E-state index in [9.17, 15) is 8.42 Å². The third kappa shape index (κ3) is 2.30. The fourth-order valence-electron chi connectivity index (χ4n) is 1.10. The predicted molar refractivity (Wildman–Crippen MR) is 56.9 cm³/mol. The number of rotatable bonds is 4. The molecule has 0 radical (unpaired) electrons. The zero-order chi connectivity index (χ0) is 11.5. The first kappa shape index (κ1) is 11.6. The van der Waals surface area contributed by atoms with Gasteiger partial charge in [-0.1, -0.05) is 6.58 Å². The van der Waals surface area contributed by atoms with Crippen LogP contribution in [0.5, 0.6) is 11.5 Å². The Balaban J connectivity index is 3.43. The molecule has 0 spiro atoms. The van der Waals surface area contributed by atoms with Crippen molar-refractivity contribution in [2.45, 2.75) is 4.90 Å². The van der Waals surface area contributed by atoms with Gasteiger partial charge in [0.25, 0.3) is 0 Å². The quantitative estimate of drug-likeness (QED) is 0.785. The van der Waals surface area contributed by atoms with Crippen LogP contribution in [-0.4, -0.2) is 22.6 Å². The molecule has 0 aliphatic rings. The average molecular weight is 228 g/mol. The summed E-state index contributed by atoms with van der Waals surface area (Å²) in [6.45, 7) is 3.26. The van der Waals surface area contributed by atoms with Crippen LogP contribution in [0.4, 0.5) is 0 Å². The second kappa shape index (κ2) is 4.35. The second-order valence-corrected chi connectivity index (χ2v) is 4.59. The molecule has 0 saturated heterocycles. The Morgan fingerprint density at radius 1 is 1.27 bits per heavy atom. The molecule has 0 atom stereocenters. The van der Waals surface area contributed by atoms with Crippen molar-refractivity contribution in [3.05, 3.63) is 30.2 Å². The summed E-state index contributed by atoms with van der Waals surface area (Å²) in [5, 5.41) is 0.879. The fourth-order valence-corrected chi connectivity index (χ4v) is 1.99. The first-order valence-corrected chi connectivity index (χ1v) is 5.69. The van der Waals surface area contributed by atoms with Crippen molar-refractivity contribution in [1.82, 2.24) is 0 Å². The molecule has 0 aromatic heterocycles. The molecule has 0 amide bonds. The molecule has 0 saturated carbocycles. The third-order valence-electron chi connectivity index (χ3n) is 1.90. The van der Waals surface area contributed by atoms with Gasteiger partial charge in [-0.25, -0.2) is 8.42 Å². The molecule has 0 fully saturated rings. The van der Waals surface area contributed by atoms with Crippen LogP contribution in [0.2, 0.25) is 0 Å². The Morgan fingerprint density at radius 2 is 1.93 bits per heavy atom. The Labute approximate surface area is 89.1 Å². The lowest BCUT2D eigenvalue weighted by Gasteiger charge is -2.08. The van der Waals surface area contributed by atoms with Gasteiger partial charge in [-0.05, 0) is 12.1 Å². The third-order valence-corrected chi connectivity index (χ3v) is 3.27. The summed E-state index contributed by atoms with van der Waals surface area (Å²) in [5.74, 6) is 0.729. The van der Waals surface area contributed by atoms with E-state index in [0.29, 0.717) is 5.75 Å². The predicted octanol–water partition coefficient (Wildman–Crippen LogP) is 1.62. The SMILES string of the molecule is C=CS(=O)(=O)c1cc(OC)ccc1OC. The van der Waals surface area contributed by atoms with E-state index in [1.165, 1.54) is 26.4 Å². The summed E-state index contributed by atoms with van der Waals surface area (Å²) in [6, 6.07) is 4.56. The summed E-state index contributed by atoms with van der Waals surface area (Å²) in [4.78, 5) is 0.0550. The molecule has 5 heteroatoms. The molecular formula is C10H12O4S. The van der Waals surface area contributed by atoms with Gasteiger partial charge in [0.2, 0.25) is 9.84 Å². The maximum absolute atomic E-state index is 11.6. The average Bonchev–Trinajstić information content (AvgIpc) is 2.28. The van der Waals surface area contributed by atoms with E-state index in [0.717, 1.165) is 5.41 Å². The van der Waals surface area contributed by atoms with Crippen molar-refractivity contribution in [1.29, 1.82) is 0 Å². The van der Waals surface area contributed by atoms with Crippen LogP contribution in [0.3, 0.4) is 0 Å². The van der Waals surface area contributed by atoms with E-state index >= 15 is 0 Å². The van der Waals surface area contributed by atoms with Crippen LogP contribution in [-0.2, 0) is 9.84 Å². The molecule has 0 aliphatic carbocycles. The smallest absolute Gasteiger partial charge is 0.203 e. The van der Waals surface area contributed by atoms with E-state index in [-0.39, 0.29) is 10.6 Å². The molecule has 4 nitrogen and oxygen atoms in total. The van der Waals surface area contributed by atoms with Gasteiger partial charge in [0.15, 0.2) is 0 Å². The minimum Gasteiger partial charge on any atom is -0.497 e. The molecule has 15 heavy (non-hydrogen) atoms. The zero-order valence-electron chi connectivity index (χ0n) is 8.56. The van der Waals surface area contributed by atoms with Crippen LogP contribution in [0.1, 0.15) is 0 Å². The Morgan fingerprint density at radius 3 is 2.40 bits per heavy atom. The second-order valence-electron chi connectivity index (χ2n) is 2.73. The normalized spacial score (nSPS) is 10.8. The molecule has 0 bridgehead atoms. The maximum atomic E-state index is 11.6. The first-order valence-electron chi connectivity index (χ1n) is 4.14. The summed E-state index contributed by atoms with van der Waals surface area (Å²) in [7, 11) is -0.644. The highest BCUT2D eigenvalue weighted by Crippen LogP contribution is 2.29. The van der Waals surface area contributed by atoms with E-state index in [4.69, 9.17) is 9.47 Å². The van der Waals surface area contributed by atoms with Crippen molar-refractivity contribution >= 4 is 9.84 Å². The molecule has 1 rings (SSSR count). The van der Waals surface area contributed by atoms with Gasteiger partial charge in [0.1, 0.15) is 16.4 Å². The molecular weight excluding hydrogens is 216 g/mol. The van der Waals surface area contributed by atoms with Gasteiger partial charge >= 0.3 is 0 Å². The largest absolute Gasteiger partial charge is 0.497 e. The van der Waals surface area contributed by atoms with Crippen molar-refractivity contribution in [2.75, 3.05) is 14.2 Å². The molecule has 0 N–H and O–H groups in total. The van der Waals surface area contributed by atoms with E-state index < -0.39 is 9.84 Å². The number of methoxy groups -OCH3 is 2. The molecule has 0 unspecified atom stereocenters. The molecule has 1 aromatic carbocycles. The zero-order valence-corrected chi connectivity index (χ0v) is 9.37. The monoisotopic (exact) mass is 228 g/mol. The van der Waals surface area contributed by atoms with Gasteiger partial charge in [0.05, 0.1) is 14.2 Å². The van der Waals surface area contributed by atoms with Crippen molar-refractivity contribution in [3.8, 4) is 11.5 Å². The fraction of sp³-hybridized carbons (Fsp3) is 0.200. The minimum absolute atomic E-state index is 0.0550. The lowest BCUT2D eigenvalue weighted by Crippen LogP contribution is -2.00. The maximum Gasteiger partial charge on any atom is 0.203 e. The van der Waals surface area contributed by atoms with E-state index in [2.05, 4.69) is 6.58 Å². The van der Waals surface area contributed by atoms with Crippen LogP contribution >= 0.6 is 0 Å². The van der Waals surface area contributed by atoms with Crippen molar-refractivity contribution in [3.63, 3.8) is 0 Å². The highest BCUT2D eigenvalue weighted by molar-refractivity contribution is 7.94. The molecule has 0 aliphatic heterocycles. The van der Waals surface area contributed by atoms with Gasteiger partial charge in [-0.2, -0.15) is 0 Å². The standard InChI is InChI=1S/C10H12O4S/c1-4-15(11,12)10-7-8(13-2)5-6-9(10)14-3/h4-7H,1H2,2-3H3. The molecule has 1 aromatic rings. The summed E-state index contributed by atoms with van der Waals surface area (Å²) in [6.07, 6.45) is 0. The Bertz CT molecular complexity index is 462. The lowest BCUT2D eigenvalue weighted by atomic mass is 10.3. The van der Waals surface area contributed by atoms with Crippen LogP contribution in [0.15, 0.2) is 35.1 Å². The molecule has 82 valence electrons. The van der Waals surface area contributed by atoms with E-state index in [1.807, 2.05) is 0 Å². The van der Waals surface area contributed by atoms with Gasteiger partial charge in [0, 0.05) is 11.5 Å². The van der Waals surface area contributed by atoms with Crippen molar-refractivity contribution in [2.24, 2.45) is 0 Å². The molecule has 0 heterocycles. The Kier molecular flexibility index (Phi) is 3.36. The summed E-state index contributed by atoms with van der Waals surface area (Å²) in [5.41, 5.74) is 0. The number of hydrogen-bond donors (Lipinski definition) is 0.